The van der Waals surface area contributed by atoms with Gasteiger partial charge in [-0.15, -0.1) is 0 Å². The molecule has 0 amide bonds. The Hall–Kier alpha value is -1.04. The Kier molecular flexibility index (Phi) is 4.63. The molecule has 1 aromatic carbocycles. The Morgan fingerprint density at radius 1 is 1.17 bits per heavy atom. The molecule has 98 valence electrons. The van der Waals surface area contributed by atoms with E-state index in [1.807, 2.05) is 13.8 Å². The van der Waals surface area contributed by atoms with Crippen LogP contribution >= 0.6 is 0 Å². The third-order valence-corrected chi connectivity index (χ3v) is 4.22. The number of hydrogen-bond donors (Lipinski definition) is 0. The molecule has 2 aliphatic carbocycles. The molecule has 1 aromatic rings. The van der Waals surface area contributed by atoms with Gasteiger partial charge >= 0.3 is 0 Å². The normalized spacial score (nSPS) is 20.9. The second-order valence-electron chi connectivity index (χ2n) is 5.22. The van der Waals surface area contributed by atoms with Crippen molar-refractivity contribution in [2.75, 3.05) is 0 Å². The third kappa shape index (κ3) is 2.39. The topological polar surface area (TPSA) is 0 Å². The molecule has 0 bridgehead atoms. The summed E-state index contributed by atoms with van der Waals surface area (Å²) in [7, 11) is 0. The van der Waals surface area contributed by atoms with Crippen LogP contribution < -0.4 is 0 Å². The van der Waals surface area contributed by atoms with Crippen LogP contribution in [0.5, 0.6) is 0 Å². The quantitative estimate of drug-likeness (QED) is 0.631. The summed E-state index contributed by atoms with van der Waals surface area (Å²) < 4.78 is 0. The molecule has 0 saturated heterocycles. The van der Waals surface area contributed by atoms with Crippen molar-refractivity contribution in [3.8, 4) is 0 Å². The lowest BCUT2D eigenvalue weighted by atomic mass is 9.81. The summed E-state index contributed by atoms with van der Waals surface area (Å²) in [6.07, 6.45) is 8.13. The summed E-state index contributed by atoms with van der Waals surface area (Å²) in [5.41, 5.74) is 6.64. The second-order valence-corrected chi connectivity index (χ2v) is 5.22. The van der Waals surface area contributed by atoms with Crippen molar-refractivity contribution in [1.29, 1.82) is 0 Å². The average Bonchev–Trinajstić information content (AvgIpc) is 2.81. The fraction of sp³-hybridized carbons (Fsp3) is 0.556. The van der Waals surface area contributed by atoms with Crippen LogP contribution in [-0.2, 0) is 6.42 Å². The molecule has 2 aliphatic rings. The third-order valence-electron chi connectivity index (χ3n) is 4.22. The minimum absolute atomic E-state index is 0.890. The molecule has 0 nitrogen and oxygen atoms in total. The molecule has 0 saturated carbocycles. The van der Waals surface area contributed by atoms with Crippen molar-refractivity contribution in [3.63, 3.8) is 0 Å². The summed E-state index contributed by atoms with van der Waals surface area (Å²) in [6.45, 7) is 6.32. The predicted molar refractivity (Wildman–Crippen MR) is 80.7 cm³/mol. The molecule has 0 radical (unpaired) electrons. The molecular formula is C18H26. The van der Waals surface area contributed by atoms with Crippen LogP contribution in [0.3, 0.4) is 0 Å². The van der Waals surface area contributed by atoms with Crippen LogP contribution in [-0.4, -0.2) is 0 Å². The summed E-state index contributed by atoms with van der Waals surface area (Å²) in [5, 5.41) is 0. The molecule has 0 aliphatic heterocycles. The van der Waals surface area contributed by atoms with Gasteiger partial charge in [-0.25, -0.2) is 0 Å². The van der Waals surface area contributed by atoms with E-state index in [0.717, 1.165) is 5.92 Å². The highest BCUT2D eigenvalue weighted by molar-refractivity contribution is 5.77. The van der Waals surface area contributed by atoms with Crippen molar-refractivity contribution in [1.82, 2.24) is 0 Å². The number of fused-ring (bicyclic) bond motifs is 2. The van der Waals surface area contributed by atoms with Gasteiger partial charge in [-0.05, 0) is 54.7 Å². The molecule has 1 atom stereocenters. The largest absolute Gasteiger partial charge is 0.0683 e. The highest BCUT2D eigenvalue weighted by Crippen LogP contribution is 2.45. The molecule has 0 fully saturated rings. The van der Waals surface area contributed by atoms with Crippen molar-refractivity contribution in [2.24, 2.45) is 5.92 Å². The Bertz CT molecular complexity index is 425. The maximum absolute atomic E-state index is 2.33. The number of allylic oxidation sites excluding steroid dienone is 2. The highest BCUT2D eigenvalue weighted by Gasteiger charge is 2.28. The summed E-state index contributed by atoms with van der Waals surface area (Å²) >= 11 is 0. The van der Waals surface area contributed by atoms with Crippen LogP contribution in [0.15, 0.2) is 29.8 Å². The molecule has 3 rings (SSSR count). The van der Waals surface area contributed by atoms with E-state index in [4.69, 9.17) is 0 Å². The Morgan fingerprint density at radius 3 is 2.72 bits per heavy atom. The second kappa shape index (κ2) is 6.22. The van der Waals surface area contributed by atoms with E-state index in [1.54, 1.807) is 22.3 Å². The summed E-state index contributed by atoms with van der Waals surface area (Å²) in [5.74, 6) is 0.890. The molecule has 0 N–H and O–H groups in total. The lowest BCUT2D eigenvalue weighted by molar-refractivity contribution is 0.475. The van der Waals surface area contributed by atoms with Gasteiger partial charge < -0.3 is 0 Å². The zero-order valence-electron chi connectivity index (χ0n) is 12.1. The van der Waals surface area contributed by atoms with E-state index >= 15 is 0 Å². The standard InChI is InChI=1S/C16H20.C2H6/c1-2-6-12-8-5-10-15-14-9-4-3-7-13(14)11-16(12)15;1-2/h3-4,7,9,12H,2,5-6,8,10-11H2,1H3;1-2H3. The predicted octanol–water partition coefficient (Wildman–Crippen LogP) is 5.62. The van der Waals surface area contributed by atoms with Crippen LogP contribution in [0.1, 0.15) is 64.0 Å². The van der Waals surface area contributed by atoms with Gasteiger partial charge in [0.1, 0.15) is 0 Å². The lowest BCUT2D eigenvalue weighted by Gasteiger charge is -2.24. The van der Waals surface area contributed by atoms with Crippen molar-refractivity contribution in [3.05, 3.63) is 41.0 Å². The fourth-order valence-corrected chi connectivity index (χ4v) is 3.51. The van der Waals surface area contributed by atoms with E-state index in [0.29, 0.717) is 0 Å². The first-order chi connectivity index (χ1) is 8.90. The van der Waals surface area contributed by atoms with Crippen LogP contribution in [0, 0.1) is 5.92 Å². The van der Waals surface area contributed by atoms with E-state index < -0.39 is 0 Å². The highest BCUT2D eigenvalue weighted by atomic mass is 14.3. The van der Waals surface area contributed by atoms with E-state index in [1.165, 1.54) is 38.5 Å². The van der Waals surface area contributed by atoms with Gasteiger partial charge in [-0.2, -0.15) is 0 Å². The first-order valence-corrected chi connectivity index (χ1v) is 7.70. The first kappa shape index (κ1) is 13.4. The summed E-state index contributed by atoms with van der Waals surface area (Å²) in [6, 6.07) is 9.02. The van der Waals surface area contributed by atoms with E-state index in [2.05, 4.69) is 31.2 Å². The summed E-state index contributed by atoms with van der Waals surface area (Å²) in [4.78, 5) is 0. The van der Waals surface area contributed by atoms with Gasteiger partial charge in [0.05, 0.1) is 0 Å². The van der Waals surface area contributed by atoms with Crippen LogP contribution in [0.4, 0.5) is 0 Å². The smallest absolute Gasteiger partial charge is 0.00522 e. The molecule has 0 aromatic heterocycles. The van der Waals surface area contributed by atoms with Gasteiger partial charge in [-0.3, -0.25) is 0 Å². The molecule has 0 spiro atoms. The number of rotatable bonds is 2. The maximum atomic E-state index is 2.33. The van der Waals surface area contributed by atoms with Crippen LogP contribution in [0.2, 0.25) is 0 Å². The van der Waals surface area contributed by atoms with Gasteiger partial charge in [0.25, 0.3) is 0 Å². The van der Waals surface area contributed by atoms with Crippen molar-refractivity contribution < 1.29 is 0 Å². The fourth-order valence-electron chi connectivity index (χ4n) is 3.51. The SMILES string of the molecule is CC.CCCC1CCCC2=C1Cc1ccccc12. The van der Waals surface area contributed by atoms with Gasteiger partial charge in [0.2, 0.25) is 0 Å². The minimum atomic E-state index is 0.890. The molecular weight excluding hydrogens is 216 g/mol. The van der Waals surface area contributed by atoms with Gasteiger partial charge in [-0.1, -0.05) is 57.0 Å². The van der Waals surface area contributed by atoms with Crippen LogP contribution in [0.25, 0.3) is 5.57 Å². The Morgan fingerprint density at radius 2 is 1.94 bits per heavy atom. The van der Waals surface area contributed by atoms with Crippen molar-refractivity contribution in [2.45, 2.75) is 59.3 Å². The zero-order chi connectivity index (χ0) is 13.0. The number of benzene rings is 1. The monoisotopic (exact) mass is 242 g/mol. The average molecular weight is 242 g/mol. The zero-order valence-corrected chi connectivity index (χ0v) is 12.1. The maximum Gasteiger partial charge on any atom is -0.00522 e. The minimum Gasteiger partial charge on any atom is -0.0683 e. The molecule has 0 heterocycles. The van der Waals surface area contributed by atoms with Gasteiger partial charge in [0, 0.05) is 0 Å². The first-order valence-electron chi connectivity index (χ1n) is 7.70. The molecule has 1 unspecified atom stereocenters. The van der Waals surface area contributed by atoms with Crippen molar-refractivity contribution >= 4 is 5.57 Å². The Balaban J connectivity index is 0.000000574. The number of hydrogen-bond acceptors (Lipinski definition) is 0. The van der Waals surface area contributed by atoms with E-state index in [9.17, 15) is 0 Å². The lowest BCUT2D eigenvalue weighted by Crippen LogP contribution is -2.09. The Labute approximate surface area is 112 Å². The van der Waals surface area contributed by atoms with E-state index in [-0.39, 0.29) is 0 Å². The molecule has 0 heteroatoms. The van der Waals surface area contributed by atoms with Gasteiger partial charge in [0.15, 0.2) is 0 Å². The molecule has 18 heavy (non-hydrogen) atoms.